The SMILES string of the molecule is Cn1cc(CCSc2ccc(N)cc2F)cn1. The van der Waals surface area contributed by atoms with Gasteiger partial charge >= 0.3 is 0 Å². The minimum absolute atomic E-state index is 0.249. The third kappa shape index (κ3) is 3.23. The van der Waals surface area contributed by atoms with Crippen molar-refractivity contribution in [1.29, 1.82) is 0 Å². The average Bonchev–Trinajstić information content (AvgIpc) is 2.68. The molecule has 0 spiro atoms. The van der Waals surface area contributed by atoms with Crippen molar-refractivity contribution < 1.29 is 4.39 Å². The van der Waals surface area contributed by atoms with E-state index in [1.54, 1.807) is 16.8 Å². The number of rotatable bonds is 4. The lowest BCUT2D eigenvalue weighted by molar-refractivity contribution is 0.603. The summed E-state index contributed by atoms with van der Waals surface area (Å²) in [5.41, 5.74) is 7.11. The standard InChI is InChI=1S/C12H14FN3S/c1-16-8-9(7-15-16)4-5-17-12-3-2-10(14)6-11(12)13/h2-3,6-8H,4-5,14H2,1H3. The van der Waals surface area contributed by atoms with Gasteiger partial charge in [-0.1, -0.05) is 0 Å². The van der Waals surface area contributed by atoms with Crippen molar-refractivity contribution >= 4 is 17.4 Å². The molecule has 2 N–H and O–H groups in total. The first-order valence-electron chi connectivity index (χ1n) is 5.30. The van der Waals surface area contributed by atoms with E-state index < -0.39 is 0 Å². The molecule has 0 fully saturated rings. The van der Waals surface area contributed by atoms with Crippen LogP contribution in [0.5, 0.6) is 0 Å². The normalized spacial score (nSPS) is 10.7. The predicted octanol–water partition coefficient (Wildman–Crippen LogP) is 2.48. The molecule has 1 aromatic carbocycles. The molecule has 0 unspecified atom stereocenters. The molecule has 5 heteroatoms. The Morgan fingerprint density at radius 1 is 1.47 bits per heavy atom. The summed E-state index contributed by atoms with van der Waals surface area (Å²) in [6.45, 7) is 0. The summed E-state index contributed by atoms with van der Waals surface area (Å²) in [5, 5.41) is 4.09. The number of hydrogen-bond donors (Lipinski definition) is 1. The van der Waals surface area contributed by atoms with Crippen molar-refractivity contribution in [3.05, 3.63) is 42.0 Å². The number of nitrogens with two attached hydrogens (primary N) is 1. The largest absolute Gasteiger partial charge is 0.399 e. The molecule has 0 aliphatic heterocycles. The van der Waals surface area contributed by atoms with Crippen molar-refractivity contribution in [3.8, 4) is 0 Å². The van der Waals surface area contributed by atoms with Crippen LogP contribution in [-0.4, -0.2) is 15.5 Å². The number of halogens is 1. The Bertz CT molecular complexity index is 510. The van der Waals surface area contributed by atoms with Gasteiger partial charge in [0.05, 0.1) is 6.20 Å². The van der Waals surface area contributed by atoms with Gasteiger partial charge in [0.15, 0.2) is 0 Å². The number of nitrogens with zero attached hydrogens (tertiary/aromatic N) is 2. The Hall–Kier alpha value is -1.49. The lowest BCUT2D eigenvalue weighted by atomic mass is 10.3. The lowest BCUT2D eigenvalue weighted by Gasteiger charge is -2.03. The average molecular weight is 251 g/mol. The molecule has 2 rings (SSSR count). The summed E-state index contributed by atoms with van der Waals surface area (Å²) in [4.78, 5) is 0.642. The highest BCUT2D eigenvalue weighted by Crippen LogP contribution is 2.24. The van der Waals surface area contributed by atoms with Gasteiger partial charge in [0, 0.05) is 29.6 Å². The van der Waals surface area contributed by atoms with E-state index in [2.05, 4.69) is 5.10 Å². The fourth-order valence-electron chi connectivity index (χ4n) is 1.51. The van der Waals surface area contributed by atoms with Crippen LogP contribution in [-0.2, 0) is 13.5 Å². The van der Waals surface area contributed by atoms with E-state index in [0.717, 1.165) is 17.7 Å². The van der Waals surface area contributed by atoms with Crippen molar-refractivity contribution in [2.75, 3.05) is 11.5 Å². The van der Waals surface area contributed by atoms with Crippen LogP contribution in [0, 0.1) is 5.82 Å². The van der Waals surface area contributed by atoms with E-state index in [-0.39, 0.29) is 5.82 Å². The van der Waals surface area contributed by atoms with E-state index in [4.69, 9.17) is 5.73 Å². The zero-order chi connectivity index (χ0) is 12.3. The second-order valence-corrected chi connectivity index (χ2v) is 4.95. The van der Waals surface area contributed by atoms with Crippen LogP contribution in [0.4, 0.5) is 10.1 Å². The summed E-state index contributed by atoms with van der Waals surface area (Å²) in [6.07, 6.45) is 4.68. The maximum atomic E-state index is 13.5. The van der Waals surface area contributed by atoms with Gasteiger partial charge in [0.25, 0.3) is 0 Å². The molecule has 0 aliphatic carbocycles. The monoisotopic (exact) mass is 251 g/mol. The molecule has 0 bridgehead atoms. The molecule has 0 saturated carbocycles. The molecular weight excluding hydrogens is 237 g/mol. The Balaban J connectivity index is 1.90. The number of aromatic nitrogens is 2. The Kier molecular flexibility index (Phi) is 3.68. The van der Waals surface area contributed by atoms with Crippen LogP contribution in [0.3, 0.4) is 0 Å². The molecule has 0 saturated heterocycles. The second-order valence-electron chi connectivity index (χ2n) is 3.81. The van der Waals surface area contributed by atoms with Gasteiger partial charge in [-0.05, 0) is 30.2 Å². The summed E-state index contributed by atoms with van der Waals surface area (Å²) in [6, 6.07) is 4.79. The quantitative estimate of drug-likeness (QED) is 0.670. The van der Waals surface area contributed by atoms with E-state index in [9.17, 15) is 4.39 Å². The van der Waals surface area contributed by atoms with Crippen molar-refractivity contribution in [2.45, 2.75) is 11.3 Å². The highest BCUT2D eigenvalue weighted by molar-refractivity contribution is 7.99. The fourth-order valence-corrected chi connectivity index (χ4v) is 2.43. The number of hydrogen-bond acceptors (Lipinski definition) is 3. The van der Waals surface area contributed by atoms with Crippen LogP contribution < -0.4 is 5.73 Å². The molecule has 0 amide bonds. The minimum atomic E-state index is -0.249. The first kappa shape index (κ1) is 12.0. The highest BCUT2D eigenvalue weighted by atomic mass is 32.2. The van der Waals surface area contributed by atoms with Gasteiger partial charge < -0.3 is 5.73 Å². The number of nitrogen functional groups attached to an aromatic ring is 1. The Morgan fingerprint density at radius 2 is 2.29 bits per heavy atom. The maximum Gasteiger partial charge on any atom is 0.138 e. The summed E-state index contributed by atoms with van der Waals surface area (Å²) in [7, 11) is 1.89. The Morgan fingerprint density at radius 3 is 2.94 bits per heavy atom. The highest BCUT2D eigenvalue weighted by Gasteiger charge is 2.03. The van der Waals surface area contributed by atoms with Gasteiger partial charge in [-0.15, -0.1) is 11.8 Å². The molecule has 3 nitrogen and oxygen atoms in total. The Labute approximate surface area is 104 Å². The maximum absolute atomic E-state index is 13.5. The van der Waals surface area contributed by atoms with Crippen LogP contribution in [0.1, 0.15) is 5.56 Å². The summed E-state index contributed by atoms with van der Waals surface area (Å²) in [5.74, 6) is 0.577. The fraction of sp³-hybridized carbons (Fsp3) is 0.250. The van der Waals surface area contributed by atoms with Crippen molar-refractivity contribution in [3.63, 3.8) is 0 Å². The molecule has 0 radical (unpaired) electrons. The lowest BCUT2D eigenvalue weighted by Crippen LogP contribution is -1.91. The minimum Gasteiger partial charge on any atom is -0.399 e. The van der Waals surface area contributed by atoms with E-state index in [1.165, 1.54) is 17.8 Å². The van der Waals surface area contributed by atoms with Crippen molar-refractivity contribution in [2.24, 2.45) is 7.05 Å². The molecule has 17 heavy (non-hydrogen) atoms. The molecule has 1 heterocycles. The molecule has 1 aromatic heterocycles. The topological polar surface area (TPSA) is 43.8 Å². The molecule has 0 aliphatic rings. The summed E-state index contributed by atoms with van der Waals surface area (Å²) >= 11 is 1.49. The van der Waals surface area contributed by atoms with Crippen LogP contribution >= 0.6 is 11.8 Å². The smallest absolute Gasteiger partial charge is 0.138 e. The van der Waals surface area contributed by atoms with Crippen LogP contribution in [0.25, 0.3) is 0 Å². The number of benzene rings is 1. The van der Waals surface area contributed by atoms with Gasteiger partial charge in [-0.25, -0.2) is 4.39 Å². The van der Waals surface area contributed by atoms with E-state index in [1.807, 2.05) is 19.4 Å². The number of aryl methyl sites for hydroxylation is 2. The van der Waals surface area contributed by atoms with Crippen LogP contribution in [0.15, 0.2) is 35.5 Å². The first-order valence-corrected chi connectivity index (χ1v) is 6.29. The van der Waals surface area contributed by atoms with Gasteiger partial charge in [0.1, 0.15) is 5.82 Å². The van der Waals surface area contributed by atoms with Gasteiger partial charge in [-0.3, -0.25) is 4.68 Å². The zero-order valence-corrected chi connectivity index (χ0v) is 10.4. The zero-order valence-electron chi connectivity index (χ0n) is 9.56. The first-order chi connectivity index (χ1) is 8.15. The molecule has 2 aromatic rings. The van der Waals surface area contributed by atoms with Crippen LogP contribution in [0.2, 0.25) is 0 Å². The van der Waals surface area contributed by atoms with Gasteiger partial charge in [-0.2, -0.15) is 5.10 Å². The van der Waals surface area contributed by atoms with E-state index >= 15 is 0 Å². The number of anilines is 1. The molecule has 90 valence electrons. The predicted molar refractivity (Wildman–Crippen MR) is 68.4 cm³/mol. The van der Waals surface area contributed by atoms with Gasteiger partial charge in [0.2, 0.25) is 0 Å². The number of thioether (sulfide) groups is 1. The molecular formula is C12H14FN3S. The summed E-state index contributed by atoms with van der Waals surface area (Å²) < 4.78 is 15.2. The molecule has 0 atom stereocenters. The van der Waals surface area contributed by atoms with Crippen molar-refractivity contribution in [1.82, 2.24) is 9.78 Å². The third-order valence-corrected chi connectivity index (χ3v) is 3.41. The van der Waals surface area contributed by atoms with E-state index in [0.29, 0.717) is 10.6 Å². The third-order valence-electron chi connectivity index (χ3n) is 2.36. The second kappa shape index (κ2) is 5.23.